The molecule has 178 valence electrons. The Hall–Kier alpha value is -2.59. The van der Waals surface area contributed by atoms with Gasteiger partial charge in [-0.05, 0) is 37.8 Å². The van der Waals surface area contributed by atoms with Gasteiger partial charge in [-0.3, -0.25) is 24.1 Å². The number of nitrogens with two attached hydrogens (primary N) is 2. The molecule has 0 atom stereocenters. The Bertz CT molecular complexity index is 739. The van der Waals surface area contributed by atoms with Gasteiger partial charge < -0.3 is 38.1 Å². The molecule has 0 bridgehead atoms. The van der Waals surface area contributed by atoms with Gasteiger partial charge in [0.25, 0.3) is 0 Å². The minimum absolute atomic E-state index is 0. The molecule has 2 saturated heterocycles. The maximum absolute atomic E-state index is 12.9. The number of hydrogen-bond donors (Lipinski definition) is 2. The van der Waals surface area contributed by atoms with Gasteiger partial charge in [-0.2, -0.15) is 0 Å². The Morgan fingerprint density at radius 2 is 1.31 bits per heavy atom. The van der Waals surface area contributed by atoms with Crippen LogP contribution in [0.15, 0.2) is 22.8 Å². The molecule has 32 heavy (non-hydrogen) atoms. The van der Waals surface area contributed by atoms with Crippen LogP contribution in [-0.4, -0.2) is 77.6 Å². The first-order valence-corrected chi connectivity index (χ1v) is 10.7. The quantitative estimate of drug-likeness (QED) is 0.406. The normalized spacial score (nSPS) is 17.8. The molecule has 3 rings (SSSR count). The number of piperidine rings is 2. The van der Waals surface area contributed by atoms with Crippen LogP contribution in [0.5, 0.6) is 0 Å². The Morgan fingerprint density at radius 1 is 0.875 bits per heavy atom. The van der Waals surface area contributed by atoms with Gasteiger partial charge in [0, 0.05) is 38.0 Å². The largest absolute Gasteiger partial charge is 1.00 e. The summed E-state index contributed by atoms with van der Waals surface area (Å²) in [6.07, 6.45) is 3.81. The van der Waals surface area contributed by atoms with Crippen LogP contribution in [0, 0.1) is 11.8 Å². The van der Waals surface area contributed by atoms with E-state index < -0.39 is 0 Å². The predicted octanol–water partition coefficient (Wildman–Crippen LogP) is -3.47. The van der Waals surface area contributed by atoms with Crippen molar-refractivity contribution >= 4 is 23.6 Å². The van der Waals surface area contributed by atoms with E-state index in [1.54, 1.807) is 33.1 Å². The fourth-order valence-electron chi connectivity index (χ4n) is 4.20. The molecule has 11 heteroatoms. The van der Waals surface area contributed by atoms with Crippen LogP contribution < -0.4 is 23.9 Å². The van der Waals surface area contributed by atoms with E-state index in [0.717, 1.165) is 0 Å². The molecule has 2 aliphatic heterocycles. The fourth-order valence-corrected chi connectivity index (χ4v) is 4.20. The van der Waals surface area contributed by atoms with Gasteiger partial charge in [0.1, 0.15) is 5.76 Å². The van der Waals surface area contributed by atoms with E-state index in [1.807, 2.05) is 0 Å². The number of rotatable bonds is 8. The maximum Gasteiger partial charge on any atom is 0.236 e. The summed E-state index contributed by atoms with van der Waals surface area (Å²) in [4.78, 5) is 53.6. The number of carbonyl (C=O) groups excluding carboxylic acids is 4. The van der Waals surface area contributed by atoms with Crippen LogP contribution in [0.25, 0.3) is 0 Å². The number of furan rings is 1. The molecular weight excluding hydrogens is 438 g/mol. The van der Waals surface area contributed by atoms with Crippen molar-refractivity contribution in [3.63, 3.8) is 0 Å². The molecule has 0 radical (unpaired) electrons. The first-order valence-electron chi connectivity index (χ1n) is 10.7. The highest BCUT2D eigenvalue weighted by Gasteiger charge is 2.29. The number of amides is 4. The lowest BCUT2D eigenvalue weighted by Gasteiger charge is -2.34. The summed E-state index contributed by atoms with van der Waals surface area (Å²) in [5.41, 5.74) is 10.7. The second-order valence-electron chi connectivity index (χ2n) is 8.34. The molecule has 0 spiro atoms. The molecule has 2 aliphatic rings. The molecule has 3 heterocycles. The van der Waals surface area contributed by atoms with Crippen molar-refractivity contribution in [2.75, 3.05) is 39.3 Å². The highest BCUT2D eigenvalue weighted by atomic mass is 35.5. The van der Waals surface area contributed by atoms with E-state index in [-0.39, 0.29) is 61.0 Å². The van der Waals surface area contributed by atoms with Crippen molar-refractivity contribution in [3.8, 4) is 0 Å². The van der Waals surface area contributed by atoms with Crippen molar-refractivity contribution in [1.82, 2.24) is 14.7 Å². The van der Waals surface area contributed by atoms with Crippen LogP contribution in [0.1, 0.15) is 31.4 Å². The highest BCUT2D eigenvalue weighted by Crippen LogP contribution is 2.19. The van der Waals surface area contributed by atoms with E-state index in [4.69, 9.17) is 15.9 Å². The van der Waals surface area contributed by atoms with Crippen LogP contribution in [-0.2, 0) is 25.7 Å². The molecule has 1 aromatic rings. The topological polar surface area (TPSA) is 143 Å². The number of halogens is 1. The summed E-state index contributed by atoms with van der Waals surface area (Å²) in [7, 11) is 0. The van der Waals surface area contributed by atoms with Gasteiger partial charge in [0.2, 0.25) is 23.6 Å². The minimum Gasteiger partial charge on any atom is -1.00 e. The molecule has 0 saturated carbocycles. The van der Waals surface area contributed by atoms with Gasteiger partial charge in [-0.1, -0.05) is 0 Å². The van der Waals surface area contributed by atoms with Crippen LogP contribution >= 0.6 is 0 Å². The second kappa shape index (κ2) is 11.9. The monoisotopic (exact) mass is 468 g/mol. The highest BCUT2D eigenvalue weighted by molar-refractivity contribution is 5.82. The van der Waals surface area contributed by atoms with Gasteiger partial charge in [0.05, 0.1) is 25.9 Å². The summed E-state index contributed by atoms with van der Waals surface area (Å²) < 4.78 is 5.40. The first-order chi connectivity index (χ1) is 14.8. The molecule has 0 aromatic carbocycles. The molecule has 0 unspecified atom stereocenters. The van der Waals surface area contributed by atoms with Gasteiger partial charge in [0.15, 0.2) is 0 Å². The zero-order chi connectivity index (χ0) is 22.4. The summed E-state index contributed by atoms with van der Waals surface area (Å²) in [6.45, 7) is 2.41. The number of likely N-dealkylation sites (tertiary alicyclic amines) is 2. The lowest BCUT2D eigenvalue weighted by atomic mass is 9.96. The smallest absolute Gasteiger partial charge is 0.236 e. The zero-order valence-corrected chi connectivity index (χ0v) is 18.8. The SMILES string of the molecule is NC(=O)C1CCN(C(=O)CN(CC(=O)N2CCC(C(N)=O)CC2)Cc2ccco2)CC1.[Cl-]. The number of primary amides is 2. The summed E-state index contributed by atoms with van der Waals surface area (Å²) in [5, 5.41) is 0. The van der Waals surface area contributed by atoms with E-state index >= 15 is 0 Å². The minimum atomic E-state index is -0.322. The van der Waals surface area contributed by atoms with E-state index in [2.05, 4.69) is 0 Å². The lowest BCUT2D eigenvalue weighted by molar-refractivity contribution is -0.139. The third kappa shape index (κ3) is 6.96. The Labute approximate surface area is 193 Å². The zero-order valence-electron chi connectivity index (χ0n) is 18.1. The summed E-state index contributed by atoms with van der Waals surface area (Å²) in [6, 6.07) is 3.57. The van der Waals surface area contributed by atoms with Gasteiger partial charge in [-0.15, -0.1) is 0 Å². The average molecular weight is 469 g/mol. The number of nitrogens with zero attached hydrogens (tertiary/aromatic N) is 3. The molecule has 1 aromatic heterocycles. The second-order valence-corrected chi connectivity index (χ2v) is 8.34. The molecule has 4 N–H and O–H groups in total. The number of carbonyl (C=O) groups is 4. The van der Waals surface area contributed by atoms with Crippen molar-refractivity contribution in [2.24, 2.45) is 23.3 Å². The van der Waals surface area contributed by atoms with Crippen LogP contribution in [0.2, 0.25) is 0 Å². The molecule has 10 nitrogen and oxygen atoms in total. The molecular formula is C21H31ClN5O5-. The Balaban J connectivity index is 0.00000363. The molecule has 0 aliphatic carbocycles. The van der Waals surface area contributed by atoms with E-state index in [1.165, 1.54) is 0 Å². The molecule has 2 fully saturated rings. The Morgan fingerprint density at radius 3 is 1.66 bits per heavy atom. The lowest BCUT2D eigenvalue weighted by Crippen LogP contribution is -3.00. The van der Waals surface area contributed by atoms with E-state index in [0.29, 0.717) is 64.2 Å². The third-order valence-electron chi connectivity index (χ3n) is 6.18. The summed E-state index contributed by atoms with van der Waals surface area (Å²) in [5.74, 6) is -0.527. The average Bonchev–Trinajstić information content (AvgIpc) is 3.26. The standard InChI is InChI=1S/C21H31N5O5.ClH/c22-20(29)15-3-7-25(8-4-15)18(27)13-24(12-17-2-1-11-31-17)14-19(28)26-9-5-16(6-10-26)21(23)30;/h1-2,11,15-16H,3-10,12-14H2,(H2,22,29)(H2,23,30);1H/p-1. The van der Waals surface area contributed by atoms with Crippen LogP contribution in [0.4, 0.5) is 0 Å². The van der Waals surface area contributed by atoms with Crippen LogP contribution in [0.3, 0.4) is 0 Å². The van der Waals surface area contributed by atoms with Crippen molar-refractivity contribution < 1.29 is 36.0 Å². The van der Waals surface area contributed by atoms with Gasteiger partial charge in [-0.25, -0.2) is 0 Å². The summed E-state index contributed by atoms with van der Waals surface area (Å²) >= 11 is 0. The van der Waals surface area contributed by atoms with Gasteiger partial charge >= 0.3 is 0 Å². The maximum atomic E-state index is 12.9. The van der Waals surface area contributed by atoms with E-state index in [9.17, 15) is 19.2 Å². The molecule has 4 amide bonds. The van der Waals surface area contributed by atoms with Crippen molar-refractivity contribution in [3.05, 3.63) is 24.2 Å². The predicted molar refractivity (Wildman–Crippen MR) is 111 cm³/mol. The first kappa shape index (κ1) is 25.7. The van der Waals surface area contributed by atoms with Crippen molar-refractivity contribution in [2.45, 2.75) is 32.2 Å². The third-order valence-corrected chi connectivity index (χ3v) is 6.18. The fraction of sp³-hybridized carbons (Fsp3) is 0.619. The Kier molecular flexibility index (Phi) is 9.52. The van der Waals surface area contributed by atoms with Crippen molar-refractivity contribution in [1.29, 1.82) is 0 Å². The number of hydrogen-bond acceptors (Lipinski definition) is 6.